The van der Waals surface area contributed by atoms with Crippen molar-refractivity contribution >= 4 is 17.7 Å². The molecule has 2 heterocycles. The van der Waals surface area contributed by atoms with E-state index in [1.807, 2.05) is 39.8 Å². The Labute approximate surface area is 211 Å². The highest BCUT2D eigenvalue weighted by Gasteiger charge is 2.31. The van der Waals surface area contributed by atoms with Crippen molar-refractivity contribution in [3.63, 3.8) is 0 Å². The third kappa shape index (κ3) is 4.52. The minimum absolute atomic E-state index is 0.232. The summed E-state index contributed by atoms with van der Waals surface area (Å²) in [6.45, 7) is 10.8. The van der Waals surface area contributed by atoms with E-state index in [1.54, 1.807) is 4.90 Å². The Balaban J connectivity index is 1.49. The largest absolute Gasteiger partial charge is 0.488 e. The molecule has 1 aromatic heterocycles. The van der Waals surface area contributed by atoms with Crippen LogP contribution >= 0.6 is 11.6 Å². The second kappa shape index (κ2) is 8.90. The van der Waals surface area contributed by atoms with Crippen molar-refractivity contribution in [3.8, 4) is 28.1 Å². The first-order chi connectivity index (χ1) is 16.6. The molecule has 0 radical (unpaired) electrons. The van der Waals surface area contributed by atoms with E-state index in [9.17, 15) is 4.79 Å². The zero-order valence-electron chi connectivity index (χ0n) is 21.0. The van der Waals surface area contributed by atoms with E-state index in [4.69, 9.17) is 26.1 Å². The van der Waals surface area contributed by atoms with Crippen molar-refractivity contribution in [2.24, 2.45) is 0 Å². The lowest BCUT2D eigenvalue weighted by molar-refractivity contribution is 0.0166. The second-order valence-electron chi connectivity index (χ2n) is 10.4. The molecule has 5 rings (SSSR count). The fourth-order valence-corrected chi connectivity index (χ4v) is 5.12. The maximum atomic E-state index is 12.9. The SMILES string of the molecule is CCCN(C(=O)OC(C)(C)C)[C@@H](C)c1nc2c([nH]1)-c1cc3c(cc1CC2)-c1ccc(Cl)cc1CO3. The van der Waals surface area contributed by atoms with Crippen LogP contribution in [-0.4, -0.2) is 33.1 Å². The Morgan fingerprint density at radius 1 is 1.17 bits per heavy atom. The number of aromatic nitrogens is 2. The van der Waals surface area contributed by atoms with E-state index in [2.05, 4.69) is 30.1 Å². The summed E-state index contributed by atoms with van der Waals surface area (Å²) in [4.78, 5) is 23.2. The molecule has 0 saturated carbocycles. The number of benzene rings is 2. The van der Waals surface area contributed by atoms with Crippen molar-refractivity contribution in [2.45, 2.75) is 72.1 Å². The molecule has 1 N–H and O–H groups in total. The van der Waals surface area contributed by atoms with Gasteiger partial charge in [-0.3, -0.25) is 4.90 Å². The normalized spacial score (nSPS) is 14.7. The van der Waals surface area contributed by atoms with Crippen molar-refractivity contribution in [2.75, 3.05) is 6.54 Å². The first-order valence-corrected chi connectivity index (χ1v) is 12.7. The van der Waals surface area contributed by atoms with E-state index in [0.717, 1.165) is 63.9 Å². The zero-order chi connectivity index (χ0) is 24.9. The van der Waals surface area contributed by atoms with Crippen LogP contribution in [0.4, 0.5) is 4.79 Å². The molecule has 184 valence electrons. The monoisotopic (exact) mass is 493 g/mol. The maximum absolute atomic E-state index is 12.9. The van der Waals surface area contributed by atoms with Crippen molar-refractivity contribution < 1.29 is 14.3 Å². The zero-order valence-corrected chi connectivity index (χ0v) is 21.8. The van der Waals surface area contributed by atoms with Crippen LogP contribution in [0.2, 0.25) is 5.02 Å². The minimum Gasteiger partial charge on any atom is -0.488 e. The van der Waals surface area contributed by atoms with Gasteiger partial charge in [0.05, 0.1) is 17.4 Å². The Bertz CT molecular complexity index is 1290. The first-order valence-electron chi connectivity index (χ1n) is 12.3. The third-order valence-electron chi connectivity index (χ3n) is 6.60. The number of carbonyl (C=O) groups is 1. The molecule has 35 heavy (non-hydrogen) atoms. The van der Waals surface area contributed by atoms with Crippen LogP contribution in [-0.2, 0) is 24.2 Å². The lowest BCUT2D eigenvalue weighted by Gasteiger charge is -2.30. The number of rotatable bonds is 4. The van der Waals surface area contributed by atoms with Crippen LogP contribution in [0.25, 0.3) is 22.4 Å². The van der Waals surface area contributed by atoms with Gasteiger partial charge in [0.1, 0.15) is 23.8 Å². The molecule has 2 aromatic carbocycles. The molecule has 6 nitrogen and oxygen atoms in total. The van der Waals surface area contributed by atoms with Gasteiger partial charge in [-0.25, -0.2) is 9.78 Å². The lowest BCUT2D eigenvalue weighted by Crippen LogP contribution is -2.39. The molecule has 1 amide bonds. The standard InChI is InChI=1S/C28H32ClN3O3/c1-6-11-32(27(33)35-28(3,4)5)16(2)26-30-23-10-7-17-13-22-20-9-8-19(29)12-18(20)15-34-24(22)14-21(17)25(23)31-26/h8-9,12-14,16H,6-7,10-11,15H2,1-5H3,(H,30,31)/t16-/m0/s1. The molecule has 0 spiro atoms. The minimum atomic E-state index is -0.548. The van der Waals surface area contributed by atoms with Gasteiger partial charge in [0.15, 0.2) is 0 Å². The maximum Gasteiger partial charge on any atom is 0.410 e. The molecule has 0 saturated heterocycles. The van der Waals surface area contributed by atoms with Gasteiger partial charge in [0, 0.05) is 22.7 Å². The van der Waals surface area contributed by atoms with Gasteiger partial charge in [-0.15, -0.1) is 0 Å². The van der Waals surface area contributed by atoms with Crippen LogP contribution in [0.3, 0.4) is 0 Å². The molecule has 7 heteroatoms. The van der Waals surface area contributed by atoms with E-state index in [0.29, 0.717) is 13.2 Å². The van der Waals surface area contributed by atoms with Gasteiger partial charge in [0.2, 0.25) is 0 Å². The Morgan fingerprint density at radius 3 is 2.71 bits per heavy atom. The van der Waals surface area contributed by atoms with Crippen molar-refractivity contribution in [1.29, 1.82) is 0 Å². The summed E-state index contributed by atoms with van der Waals surface area (Å²) in [7, 11) is 0. The molecule has 2 aliphatic rings. The average Bonchev–Trinajstić information content (AvgIpc) is 3.24. The molecule has 0 bridgehead atoms. The second-order valence-corrected chi connectivity index (χ2v) is 10.8. The van der Waals surface area contributed by atoms with Gasteiger partial charge >= 0.3 is 6.09 Å². The number of aryl methyl sites for hydroxylation is 2. The highest BCUT2D eigenvalue weighted by atomic mass is 35.5. The van der Waals surface area contributed by atoms with Crippen LogP contribution in [0.15, 0.2) is 30.3 Å². The summed E-state index contributed by atoms with van der Waals surface area (Å²) < 4.78 is 11.8. The highest BCUT2D eigenvalue weighted by Crippen LogP contribution is 2.44. The summed E-state index contributed by atoms with van der Waals surface area (Å²) >= 11 is 6.20. The number of fused-ring (bicyclic) bond motifs is 6. The summed E-state index contributed by atoms with van der Waals surface area (Å²) in [5, 5.41) is 0.723. The lowest BCUT2D eigenvalue weighted by atomic mass is 9.87. The van der Waals surface area contributed by atoms with Crippen LogP contribution in [0.1, 0.15) is 69.7 Å². The number of nitrogens with one attached hydrogen (secondary N) is 1. The number of imidazole rings is 1. The number of amides is 1. The van der Waals surface area contributed by atoms with E-state index >= 15 is 0 Å². The number of halogens is 1. The van der Waals surface area contributed by atoms with Crippen molar-refractivity contribution in [3.05, 3.63) is 58.0 Å². The number of hydrogen-bond donors (Lipinski definition) is 1. The van der Waals surface area contributed by atoms with E-state index in [-0.39, 0.29) is 12.1 Å². The average molecular weight is 494 g/mol. The van der Waals surface area contributed by atoms with Gasteiger partial charge in [-0.05, 0) is 87.9 Å². The smallest absolute Gasteiger partial charge is 0.410 e. The van der Waals surface area contributed by atoms with E-state index in [1.165, 1.54) is 11.1 Å². The number of hydrogen-bond acceptors (Lipinski definition) is 4. The Kier molecular flexibility index (Phi) is 6.04. The molecule has 1 aliphatic carbocycles. The molecular formula is C28H32ClN3O3. The topological polar surface area (TPSA) is 67.5 Å². The number of nitrogens with zero attached hydrogens (tertiary/aromatic N) is 2. The summed E-state index contributed by atoms with van der Waals surface area (Å²) in [5.74, 6) is 1.65. The first kappa shape index (κ1) is 23.7. The fourth-order valence-electron chi connectivity index (χ4n) is 4.93. The van der Waals surface area contributed by atoms with Gasteiger partial charge < -0.3 is 14.5 Å². The molecular weight excluding hydrogens is 462 g/mol. The van der Waals surface area contributed by atoms with Crippen LogP contribution < -0.4 is 4.74 Å². The number of carbonyl (C=O) groups excluding carboxylic acids is 1. The van der Waals surface area contributed by atoms with Gasteiger partial charge in [-0.1, -0.05) is 24.6 Å². The van der Waals surface area contributed by atoms with E-state index < -0.39 is 5.60 Å². The van der Waals surface area contributed by atoms with Gasteiger partial charge in [-0.2, -0.15) is 0 Å². The number of ether oxygens (including phenoxy) is 2. The summed E-state index contributed by atoms with van der Waals surface area (Å²) in [6, 6.07) is 10.1. The highest BCUT2D eigenvalue weighted by molar-refractivity contribution is 6.30. The quantitative estimate of drug-likeness (QED) is 0.421. The predicted octanol–water partition coefficient (Wildman–Crippen LogP) is 7.10. The molecule has 1 atom stereocenters. The van der Waals surface area contributed by atoms with Gasteiger partial charge in [0.25, 0.3) is 0 Å². The van der Waals surface area contributed by atoms with Crippen LogP contribution in [0.5, 0.6) is 5.75 Å². The molecule has 1 aliphatic heterocycles. The summed E-state index contributed by atoms with van der Waals surface area (Å²) in [6.07, 6.45) is 2.27. The number of aromatic amines is 1. The summed E-state index contributed by atoms with van der Waals surface area (Å²) in [5.41, 5.74) is 7.28. The molecule has 0 unspecified atom stereocenters. The van der Waals surface area contributed by atoms with Crippen molar-refractivity contribution in [1.82, 2.24) is 14.9 Å². The molecule has 3 aromatic rings. The fraction of sp³-hybridized carbons (Fsp3) is 0.429. The predicted molar refractivity (Wildman–Crippen MR) is 138 cm³/mol. The van der Waals surface area contributed by atoms with Crippen LogP contribution in [0, 0.1) is 0 Å². The third-order valence-corrected chi connectivity index (χ3v) is 6.83. The Morgan fingerprint density at radius 2 is 1.97 bits per heavy atom. The Hall–Kier alpha value is -2.99. The number of H-pyrrole nitrogens is 1. The molecule has 0 fully saturated rings.